The summed E-state index contributed by atoms with van der Waals surface area (Å²) in [5.74, 6) is -1.53. The van der Waals surface area contributed by atoms with E-state index in [0.29, 0.717) is 23.4 Å². The third-order valence-corrected chi connectivity index (χ3v) is 6.65. The van der Waals surface area contributed by atoms with Gasteiger partial charge in [0, 0.05) is 33.9 Å². The zero-order valence-corrected chi connectivity index (χ0v) is 18.6. The van der Waals surface area contributed by atoms with E-state index in [0.717, 1.165) is 35.1 Å². The Balaban J connectivity index is 1.57. The monoisotopic (exact) mass is 468 g/mol. The Kier molecular flexibility index (Phi) is 4.91. The van der Waals surface area contributed by atoms with Gasteiger partial charge in [0.1, 0.15) is 17.3 Å². The highest BCUT2D eigenvalue weighted by Crippen LogP contribution is 2.44. The Morgan fingerprint density at radius 2 is 1.86 bits per heavy atom. The molecule has 1 aromatic heterocycles. The molecule has 174 valence electrons. The quantitative estimate of drug-likeness (QED) is 0.244. The van der Waals surface area contributed by atoms with Crippen LogP contribution in [0.25, 0.3) is 16.7 Å². The van der Waals surface area contributed by atoms with Crippen LogP contribution in [-0.4, -0.2) is 28.4 Å². The van der Waals surface area contributed by atoms with Crippen LogP contribution in [0.3, 0.4) is 0 Å². The van der Waals surface area contributed by atoms with E-state index in [2.05, 4.69) is 4.98 Å². The molecule has 3 heterocycles. The summed E-state index contributed by atoms with van der Waals surface area (Å²) >= 11 is 0. The van der Waals surface area contributed by atoms with E-state index in [1.54, 1.807) is 24.4 Å². The van der Waals surface area contributed by atoms with Crippen LogP contribution in [0.5, 0.6) is 5.75 Å². The smallest absolute Gasteiger partial charge is 0.300 e. The zero-order valence-electron chi connectivity index (χ0n) is 18.6. The molecule has 1 saturated heterocycles. The highest BCUT2D eigenvalue weighted by Gasteiger charge is 2.47. The Morgan fingerprint density at radius 3 is 2.69 bits per heavy atom. The van der Waals surface area contributed by atoms with Gasteiger partial charge in [-0.3, -0.25) is 14.5 Å². The molecule has 6 rings (SSSR count). The number of aromatic amines is 1. The number of carbonyl (C=O) groups excluding carboxylic acids is 2. The lowest BCUT2D eigenvalue weighted by Crippen LogP contribution is -2.29. The minimum atomic E-state index is -0.899. The standard InChI is InChI=1S/C28H21FN2O4/c29-18-8-10-19(11-9-18)31-25(21-15-30-22-6-2-1-5-20(21)22)24(27(33)28(31)34)26(32)17-7-12-23-16(14-17)4-3-13-35-23/h1-2,5-12,14-15,25,30,32H,3-4,13H2/b26-24+. The summed E-state index contributed by atoms with van der Waals surface area (Å²) in [5.41, 5.74) is 3.22. The maximum atomic E-state index is 13.7. The number of rotatable bonds is 3. The first kappa shape index (κ1) is 21.2. The van der Waals surface area contributed by atoms with Crippen molar-refractivity contribution in [2.45, 2.75) is 18.9 Å². The number of ketones is 1. The number of aliphatic hydroxyl groups is 1. The van der Waals surface area contributed by atoms with Crippen molar-refractivity contribution < 1.29 is 23.8 Å². The van der Waals surface area contributed by atoms with E-state index in [-0.39, 0.29) is 11.3 Å². The number of aryl methyl sites for hydroxylation is 1. The molecule has 1 atom stereocenters. The van der Waals surface area contributed by atoms with Gasteiger partial charge in [-0.05, 0) is 66.9 Å². The molecule has 0 radical (unpaired) electrons. The third kappa shape index (κ3) is 3.39. The SMILES string of the molecule is O=C1C(=O)N(c2ccc(F)cc2)C(c2c[nH]c3ccccc23)/C1=C(\O)c1ccc2c(c1)CCCO2. The number of ether oxygens (including phenoxy) is 1. The van der Waals surface area contributed by atoms with Crippen molar-refractivity contribution in [2.24, 2.45) is 0 Å². The molecule has 4 aromatic rings. The normalized spacial score (nSPS) is 19.1. The molecular formula is C28H21FN2O4. The van der Waals surface area contributed by atoms with E-state index >= 15 is 0 Å². The van der Waals surface area contributed by atoms with Crippen LogP contribution in [0.2, 0.25) is 0 Å². The van der Waals surface area contributed by atoms with Crippen LogP contribution in [0.15, 0.2) is 78.5 Å². The molecule has 3 aromatic carbocycles. The Morgan fingerprint density at radius 1 is 1.06 bits per heavy atom. The average Bonchev–Trinajstić information content (AvgIpc) is 3.42. The van der Waals surface area contributed by atoms with Gasteiger partial charge in [-0.15, -0.1) is 0 Å². The fourth-order valence-corrected chi connectivity index (χ4v) is 4.98. The first-order chi connectivity index (χ1) is 17.0. The number of amides is 1. The first-order valence-corrected chi connectivity index (χ1v) is 11.4. The van der Waals surface area contributed by atoms with Crippen molar-refractivity contribution >= 4 is 34.0 Å². The van der Waals surface area contributed by atoms with Gasteiger partial charge in [0.25, 0.3) is 11.7 Å². The first-order valence-electron chi connectivity index (χ1n) is 11.4. The number of nitrogens with zero attached hydrogens (tertiary/aromatic N) is 1. The highest BCUT2D eigenvalue weighted by molar-refractivity contribution is 6.51. The van der Waals surface area contributed by atoms with E-state index in [1.807, 2.05) is 24.3 Å². The number of hydrogen-bond acceptors (Lipinski definition) is 4. The fourth-order valence-electron chi connectivity index (χ4n) is 4.98. The number of hydrogen-bond donors (Lipinski definition) is 2. The number of benzene rings is 3. The molecule has 0 aliphatic carbocycles. The highest BCUT2D eigenvalue weighted by atomic mass is 19.1. The van der Waals surface area contributed by atoms with E-state index in [1.165, 1.54) is 29.2 Å². The Bertz CT molecular complexity index is 1520. The summed E-state index contributed by atoms with van der Waals surface area (Å²) in [4.78, 5) is 31.2. The van der Waals surface area contributed by atoms with Crippen molar-refractivity contribution in [3.05, 3.63) is 101 Å². The maximum Gasteiger partial charge on any atom is 0.300 e. The predicted octanol–water partition coefficient (Wildman–Crippen LogP) is 5.26. The van der Waals surface area contributed by atoms with Gasteiger partial charge in [-0.2, -0.15) is 0 Å². The number of aromatic nitrogens is 1. The molecule has 35 heavy (non-hydrogen) atoms. The van der Waals surface area contributed by atoms with E-state index < -0.39 is 23.5 Å². The Hall–Kier alpha value is -4.39. The van der Waals surface area contributed by atoms with E-state index in [4.69, 9.17) is 4.74 Å². The van der Waals surface area contributed by atoms with Crippen LogP contribution in [0.4, 0.5) is 10.1 Å². The number of anilines is 1. The molecule has 1 amide bonds. The molecule has 2 N–H and O–H groups in total. The molecule has 2 aliphatic heterocycles. The van der Waals surface area contributed by atoms with Gasteiger partial charge in [-0.25, -0.2) is 4.39 Å². The van der Waals surface area contributed by atoms with Crippen LogP contribution in [0.1, 0.15) is 29.2 Å². The van der Waals surface area contributed by atoms with Crippen LogP contribution in [-0.2, 0) is 16.0 Å². The second-order valence-corrected chi connectivity index (χ2v) is 8.71. The molecule has 0 spiro atoms. The predicted molar refractivity (Wildman–Crippen MR) is 130 cm³/mol. The lowest BCUT2D eigenvalue weighted by atomic mass is 9.93. The second-order valence-electron chi connectivity index (χ2n) is 8.71. The third-order valence-electron chi connectivity index (χ3n) is 6.65. The zero-order chi connectivity index (χ0) is 24.1. The number of Topliss-reactive ketones (excluding diaryl/α,β-unsaturated/α-hetero) is 1. The van der Waals surface area contributed by atoms with Crippen LogP contribution >= 0.6 is 0 Å². The van der Waals surface area contributed by atoms with Gasteiger partial charge in [0.05, 0.1) is 18.2 Å². The van der Waals surface area contributed by atoms with E-state index in [9.17, 15) is 19.1 Å². The van der Waals surface area contributed by atoms with Crippen LogP contribution in [0, 0.1) is 5.82 Å². The van der Waals surface area contributed by atoms with Gasteiger partial charge < -0.3 is 14.8 Å². The number of fused-ring (bicyclic) bond motifs is 2. The molecule has 0 bridgehead atoms. The van der Waals surface area contributed by atoms with Gasteiger partial charge in [-0.1, -0.05) is 18.2 Å². The number of nitrogens with one attached hydrogen (secondary N) is 1. The summed E-state index contributed by atoms with van der Waals surface area (Å²) in [6, 6.07) is 17.3. The lowest BCUT2D eigenvalue weighted by Gasteiger charge is -2.25. The minimum Gasteiger partial charge on any atom is -0.507 e. The molecule has 1 unspecified atom stereocenters. The topological polar surface area (TPSA) is 82.6 Å². The summed E-state index contributed by atoms with van der Waals surface area (Å²) in [6.07, 6.45) is 3.40. The molecule has 7 heteroatoms. The fraction of sp³-hybridized carbons (Fsp3) is 0.143. The lowest BCUT2D eigenvalue weighted by molar-refractivity contribution is -0.132. The van der Waals surface area contributed by atoms with Crippen molar-refractivity contribution in [3.63, 3.8) is 0 Å². The van der Waals surface area contributed by atoms with Crippen molar-refractivity contribution in [1.82, 2.24) is 4.98 Å². The summed E-state index contributed by atoms with van der Waals surface area (Å²) in [5, 5.41) is 12.2. The van der Waals surface area contributed by atoms with Gasteiger partial charge in [0.15, 0.2) is 0 Å². The maximum absolute atomic E-state index is 13.7. The van der Waals surface area contributed by atoms with Crippen molar-refractivity contribution in [3.8, 4) is 5.75 Å². The summed E-state index contributed by atoms with van der Waals surface area (Å²) in [6.45, 7) is 0.641. The number of H-pyrrole nitrogens is 1. The molecule has 1 fully saturated rings. The van der Waals surface area contributed by atoms with Gasteiger partial charge >= 0.3 is 0 Å². The molecular weight excluding hydrogens is 447 g/mol. The largest absolute Gasteiger partial charge is 0.507 e. The second kappa shape index (κ2) is 8.13. The van der Waals surface area contributed by atoms with Crippen molar-refractivity contribution in [2.75, 3.05) is 11.5 Å². The molecule has 2 aliphatic rings. The number of halogens is 1. The van der Waals surface area contributed by atoms with Crippen LogP contribution < -0.4 is 9.64 Å². The number of carbonyl (C=O) groups is 2. The van der Waals surface area contributed by atoms with Crippen molar-refractivity contribution in [1.29, 1.82) is 0 Å². The summed E-state index contributed by atoms with van der Waals surface area (Å²) < 4.78 is 19.3. The number of para-hydroxylation sites is 1. The Labute approximate surface area is 200 Å². The number of aliphatic hydroxyl groups excluding tert-OH is 1. The minimum absolute atomic E-state index is 0.0132. The van der Waals surface area contributed by atoms with Gasteiger partial charge in [0.2, 0.25) is 0 Å². The summed E-state index contributed by atoms with van der Waals surface area (Å²) in [7, 11) is 0. The molecule has 6 nitrogen and oxygen atoms in total. The average molecular weight is 468 g/mol. The molecule has 0 saturated carbocycles.